The van der Waals surface area contributed by atoms with Crippen LogP contribution in [-0.4, -0.2) is 17.0 Å². The van der Waals surface area contributed by atoms with Gasteiger partial charge in [-0.1, -0.05) is 13.8 Å². The van der Waals surface area contributed by atoms with Gasteiger partial charge in [0.2, 0.25) is 5.76 Å². The van der Waals surface area contributed by atoms with Gasteiger partial charge in [-0.15, -0.1) is 0 Å². The lowest BCUT2D eigenvalue weighted by molar-refractivity contribution is -0.148. The highest BCUT2D eigenvalue weighted by Gasteiger charge is 2.16. The van der Waals surface area contributed by atoms with Crippen LogP contribution in [0.15, 0.2) is 11.3 Å². The van der Waals surface area contributed by atoms with Crippen LogP contribution >= 0.6 is 0 Å². The van der Waals surface area contributed by atoms with Gasteiger partial charge in [0.1, 0.15) is 0 Å². The lowest BCUT2D eigenvalue weighted by Crippen LogP contribution is -2.14. The molecule has 0 spiro atoms. The minimum Gasteiger partial charge on any atom is -0.475 e. The fourth-order valence-corrected chi connectivity index (χ4v) is 0.848. The summed E-state index contributed by atoms with van der Waals surface area (Å²) in [6.07, 6.45) is 0.226. The van der Waals surface area contributed by atoms with E-state index in [2.05, 4.69) is 0 Å². The van der Waals surface area contributed by atoms with Crippen LogP contribution in [0.3, 0.4) is 0 Å². The Hall–Kier alpha value is -1.32. The lowest BCUT2D eigenvalue weighted by atomic mass is 10.1. The van der Waals surface area contributed by atoms with Crippen LogP contribution in [0.2, 0.25) is 0 Å². The number of aliphatic carboxylic acids is 1. The molecule has 0 atom stereocenters. The molecular formula is C10H16O4. The Labute approximate surface area is 83.6 Å². The van der Waals surface area contributed by atoms with Crippen molar-refractivity contribution in [3.05, 3.63) is 11.3 Å². The molecule has 0 aromatic rings. The van der Waals surface area contributed by atoms with Crippen LogP contribution in [0, 0.1) is 5.92 Å². The molecule has 0 fully saturated rings. The summed E-state index contributed by atoms with van der Waals surface area (Å²) in [7, 11) is 0. The molecule has 0 aromatic heterocycles. The quantitative estimate of drug-likeness (QED) is 0.428. The molecule has 0 aliphatic carbocycles. The maximum atomic E-state index is 11.2. The summed E-state index contributed by atoms with van der Waals surface area (Å²) in [5.41, 5.74) is 0.481. The summed E-state index contributed by atoms with van der Waals surface area (Å²) in [4.78, 5) is 21.8. The van der Waals surface area contributed by atoms with Crippen LogP contribution in [0.25, 0.3) is 0 Å². The Balaban J connectivity index is 4.42. The van der Waals surface area contributed by atoms with E-state index in [9.17, 15) is 9.59 Å². The summed E-state index contributed by atoms with van der Waals surface area (Å²) in [6, 6.07) is 0. The van der Waals surface area contributed by atoms with Gasteiger partial charge >= 0.3 is 11.9 Å². The van der Waals surface area contributed by atoms with Gasteiger partial charge in [-0.2, -0.15) is 0 Å². The predicted octanol–water partition coefficient (Wildman–Crippen LogP) is 1.95. The third kappa shape index (κ3) is 4.64. The summed E-state index contributed by atoms with van der Waals surface area (Å²) in [5, 5.41) is 8.69. The zero-order chi connectivity index (χ0) is 11.3. The fraction of sp³-hybridized carbons (Fsp3) is 0.600. The second kappa shape index (κ2) is 5.42. The van der Waals surface area contributed by atoms with Gasteiger partial charge in [-0.25, -0.2) is 4.79 Å². The topological polar surface area (TPSA) is 63.6 Å². The fourth-order valence-electron chi connectivity index (χ4n) is 0.848. The van der Waals surface area contributed by atoms with Crippen molar-refractivity contribution in [3.8, 4) is 0 Å². The van der Waals surface area contributed by atoms with E-state index in [0.29, 0.717) is 5.57 Å². The highest BCUT2D eigenvalue weighted by atomic mass is 16.6. The highest BCUT2D eigenvalue weighted by molar-refractivity contribution is 5.88. The molecule has 0 unspecified atom stereocenters. The monoisotopic (exact) mass is 200 g/mol. The molecule has 0 aliphatic heterocycles. The molecule has 0 heterocycles. The van der Waals surface area contributed by atoms with Crippen molar-refractivity contribution in [2.24, 2.45) is 5.92 Å². The van der Waals surface area contributed by atoms with Crippen molar-refractivity contribution in [1.82, 2.24) is 0 Å². The molecular weight excluding hydrogens is 184 g/mol. The Bertz CT molecular complexity index is 259. The van der Waals surface area contributed by atoms with Gasteiger partial charge in [-0.05, 0) is 25.3 Å². The molecule has 4 heteroatoms. The minimum absolute atomic E-state index is 0.162. The third-order valence-electron chi connectivity index (χ3n) is 1.44. The summed E-state index contributed by atoms with van der Waals surface area (Å²) in [6.45, 7) is 6.91. The van der Waals surface area contributed by atoms with Gasteiger partial charge in [0.15, 0.2) is 0 Å². The van der Waals surface area contributed by atoms with Crippen LogP contribution in [-0.2, 0) is 14.3 Å². The molecule has 14 heavy (non-hydrogen) atoms. The summed E-state index contributed by atoms with van der Waals surface area (Å²) >= 11 is 0. The molecule has 0 saturated carbocycles. The van der Waals surface area contributed by atoms with Crippen molar-refractivity contribution in [2.45, 2.75) is 34.1 Å². The number of rotatable bonds is 4. The number of hydrogen-bond acceptors (Lipinski definition) is 3. The van der Waals surface area contributed by atoms with Crippen molar-refractivity contribution in [2.75, 3.05) is 0 Å². The number of allylic oxidation sites excluding steroid dienone is 1. The van der Waals surface area contributed by atoms with Gasteiger partial charge in [0, 0.05) is 6.42 Å². The largest absolute Gasteiger partial charge is 0.475 e. The van der Waals surface area contributed by atoms with E-state index in [1.165, 1.54) is 0 Å². The van der Waals surface area contributed by atoms with Crippen molar-refractivity contribution < 1.29 is 19.4 Å². The van der Waals surface area contributed by atoms with Crippen LogP contribution < -0.4 is 0 Å². The third-order valence-corrected chi connectivity index (χ3v) is 1.44. The normalized spacial score (nSPS) is 9.79. The van der Waals surface area contributed by atoms with Crippen molar-refractivity contribution >= 4 is 11.9 Å². The van der Waals surface area contributed by atoms with E-state index in [4.69, 9.17) is 9.84 Å². The molecule has 0 amide bonds. The zero-order valence-corrected chi connectivity index (χ0v) is 8.96. The molecule has 0 saturated heterocycles. The first-order valence-electron chi connectivity index (χ1n) is 4.46. The summed E-state index contributed by atoms with van der Waals surface area (Å²) in [5.74, 6) is -1.81. The molecule has 1 N–H and O–H groups in total. The standard InChI is InChI=1S/C10H16O4/c1-6(2)5-8(11)14-9(7(3)4)10(12)13/h6H,5H2,1-4H3,(H,12,13). The first kappa shape index (κ1) is 12.7. The number of esters is 1. The van der Waals surface area contributed by atoms with E-state index in [1.54, 1.807) is 13.8 Å². The van der Waals surface area contributed by atoms with E-state index in [-0.39, 0.29) is 18.1 Å². The van der Waals surface area contributed by atoms with Gasteiger partial charge in [0.25, 0.3) is 0 Å². The highest BCUT2D eigenvalue weighted by Crippen LogP contribution is 2.09. The first-order valence-corrected chi connectivity index (χ1v) is 4.46. The van der Waals surface area contributed by atoms with E-state index >= 15 is 0 Å². The SMILES string of the molecule is CC(C)=C(OC(=O)CC(C)C)C(=O)O. The summed E-state index contributed by atoms with van der Waals surface area (Å²) < 4.78 is 4.73. The van der Waals surface area contributed by atoms with Crippen molar-refractivity contribution in [1.29, 1.82) is 0 Å². The molecule has 0 bridgehead atoms. The molecule has 0 aromatic carbocycles. The number of hydrogen-bond donors (Lipinski definition) is 1. The van der Waals surface area contributed by atoms with Crippen LogP contribution in [0.4, 0.5) is 0 Å². The smallest absolute Gasteiger partial charge is 0.371 e. The molecule has 0 radical (unpaired) electrons. The average Bonchev–Trinajstić information content (AvgIpc) is 1.97. The molecule has 0 rings (SSSR count). The minimum atomic E-state index is -1.21. The molecule has 4 nitrogen and oxygen atoms in total. The van der Waals surface area contributed by atoms with E-state index in [0.717, 1.165) is 0 Å². The number of carbonyl (C=O) groups excluding carboxylic acids is 1. The number of carboxylic acid groups (broad SMARTS) is 1. The van der Waals surface area contributed by atoms with E-state index < -0.39 is 11.9 Å². The Kier molecular flexibility index (Phi) is 4.91. The van der Waals surface area contributed by atoms with Gasteiger partial charge in [-0.3, -0.25) is 4.79 Å². The van der Waals surface area contributed by atoms with Crippen LogP contribution in [0.5, 0.6) is 0 Å². The second-order valence-corrected chi connectivity index (χ2v) is 3.71. The van der Waals surface area contributed by atoms with Crippen molar-refractivity contribution in [3.63, 3.8) is 0 Å². The molecule has 0 aliphatic rings. The van der Waals surface area contributed by atoms with Gasteiger partial charge < -0.3 is 9.84 Å². The number of carbonyl (C=O) groups is 2. The number of ether oxygens (including phenoxy) is 1. The lowest BCUT2D eigenvalue weighted by Gasteiger charge is -2.07. The predicted molar refractivity (Wildman–Crippen MR) is 51.6 cm³/mol. The van der Waals surface area contributed by atoms with Crippen LogP contribution in [0.1, 0.15) is 34.1 Å². The Morgan fingerprint density at radius 3 is 2.07 bits per heavy atom. The zero-order valence-electron chi connectivity index (χ0n) is 8.96. The molecule has 80 valence electrons. The van der Waals surface area contributed by atoms with E-state index in [1.807, 2.05) is 13.8 Å². The number of carboxylic acids is 1. The Morgan fingerprint density at radius 2 is 1.79 bits per heavy atom. The second-order valence-electron chi connectivity index (χ2n) is 3.71. The van der Waals surface area contributed by atoms with Gasteiger partial charge in [0.05, 0.1) is 0 Å². The Morgan fingerprint density at radius 1 is 1.29 bits per heavy atom. The first-order chi connectivity index (χ1) is 6.34. The average molecular weight is 200 g/mol. The maximum absolute atomic E-state index is 11.2. The maximum Gasteiger partial charge on any atom is 0.371 e.